The highest BCUT2D eigenvalue weighted by Crippen LogP contribution is 2.37. The zero-order valence-corrected chi connectivity index (χ0v) is 13.5. The second-order valence-corrected chi connectivity index (χ2v) is 6.29. The Morgan fingerprint density at radius 1 is 1.12 bits per heavy atom. The molecular weight excluding hydrogens is 332 g/mol. The maximum atomic E-state index is 13.4. The fourth-order valence-electron chi connectivity index (χ4n) is 3.19. The van der Waals surface area contributed by atoms with Crippen molar-refractivity contribution in [2.24, 2.45) is 5.92 Å². The van der Waals surface area contributed by atoms with E-state index in [1.54, 1.807) is 13.0 Å². The molecule has 6 nitrogen and oxygen atoms in total. The fraction of sp³-hybridized carbons (Fsp3) is 0.412. The first kappa shape index (κ1) is 17.7. The van der Waals surface area contributed by atoms with Crippen LogP contribution in [0.3, 0.4) is 0 Å². The van der Waals surface area contributed by atoms with Crippen molar-refractivity contribution in [1.29, 1.82) is 0 Å². The Hall–Kier alpha value is -2.16. The molecule has 1 aliphatic carbocycles. The van der Waals surface area contributed by atoms with E-state index in [2.05, 4.69) is 15.3 Å². The third kappa shape index (κ3) is 3.60. The smallest absolute Gasteiger partial charge is 0.159 e. The lowest BCUT2D eigenvalue weighted by Gasteiger charge is -2.22. The summed E-state index contributed by atoms with van der Waals surface area (Å²) in [7, 11) is 0. The first-order valence-corrected chi connectivity index (χ1v) is 7.91. The van der Waals surface area contributed by atoms with Crippen molar-refractivity contribution in [2.45, 2.75) is 37.7 Å². The number of hydrogen-bond acceptors (Lipinski definition) is 6. The highest BCUT2D eigenvalue weighted by atomic mass is 19.2. The quantitative estimate of drug-likeness (QED) is 0.663. The topological polar surface area (TPSA) is 98.5 Å². The van der Waals surface area contributed by atoms with Crippen LogP contribution in [0, 0.1) is 24.5 Å². The summed E-state index contributed by atoms with van der Waals surface area (Å²) in [6.07, 6.45) is -1.99. The molecule has 8 heteroatoms. The molecule has 1 saturated carbocycles. The lowest BCUT2D eigenvalue weighted by atomic mass is 9.92. The summed E-state index contributed by atoms with van der Waals surface area (Å²) in [5.41, 5.74) is 0.887. The van der Waals surface area contributed by atoms with Crippen LogP contribution in [0.1, 0.15) is 23.8 Å². The fourth-order valence-corrected chi connectivity index (χ4v) is 3.19. The van der Waals surface area contributed by atoms with Gasteiger partial charge in [-0.2, -0.15) is 0 Å². The molecule has 0 aliphatic heterocycles. The van der Waals surface area contributed by atoms with Gasteiger partial charge in [0.15, 0.2) is 11.6 Å². The molecule has 4 N–H and O–H groups in total. The summed E-state index contributed by atoms with van der Waals surface area (Å²) >= 11 is 0. The Morgan fingerprint density at radius 3 is 2.56 bits per heavy atom. The lowest BCUT2D eigenvalue weighted by Crippen LogP contribution is -2.36. The van der Waals surface area contributed by atoms with Crippen LogP contribution in [-0.2, 0) is 0 Å². The summed E-state index contributed by atoms with van der Waals surface area (Å²) < 4.78 is 26.4. The monoisotopic (exact) mass is 351 g/mol. The highest BCUT2D eigenvalue weighted by molar-refractivity contribution is 5.37. The Labute approximate surface area is 143 Å². The largest absolute Gasteiger partial charge is 0.390 e. The van der Waals surface area contributed by atoms with Crippen molar-refractivity contribution in [3.8, 4) is 0 Å². The van der Waals surface area contributed by atoms with Gasteiger partial charge in [0.05, 0.1) is 18.2 Å². The minimum atomic E-state index is -1.24. The van der Waals surface area contributed by atoms with E-state index >= 15 is 0 Å². The van der Waals surface area contributed by atoms with Gasteiger partial charge in [0.25, 0.3) is 0 Å². The normalized spacial score (nSPS) is 27.3. The van der Waals surface area contributed by atoms with Crippen molar-refractivity contribution < 1.29 is 24.1 Å². The Kier molecular flexibility index (Phi) is 4.94. The number of hydrogen-bond donors (Lipinski definition) is 4. The van der Waals surface area contributed by atoms with Crippen LogP contribution in [0.25, 0.3) is 0 Å². The van der Waals surface area contributed by atoms with E-state index in [0.717, 1.165) is 17.8 Å². The molecule has 2 aromatic rings. The van der Waals surface area contributed by atoms with E-state index in [4.69, 9.17) is 0 Å². The maximum Gasteiger partial charge on any atom is 0.159 e. The molecule has 0 saturated heterocycles. The van der Waals surface area contributed by atoms with Gasteiger partial charge in [-0.05, 0) is 31.0 Å². The molecule has 1 heterocycles. The van der Waals surface area contributed by atoms with Crippen LogP contribution < -0.4 is 5.32 Å². The average Bonchev–Trinajstić information content (AvgIpc) is 2.85. The summed E-state index contributed by atoms with van der Waals surface area (Å²) in [5.74, 6) is -2.33. The van der Waals surface area contributed by atoms with Crippen molar-refractivity contribution in [3.05, 3.63) is 53.5 Å². The third-order valence-electron chi connectivity index (χ3n) is 4.55. The van der Waals surface area contributed by atoms with Crippen LogP contribution in [0.15, 0.2) is 30.6 Å². The number of aryl methyl sites for hydroxylation is 1. The van der Waals surface area contributed by atoms with Gasteiger partial charge < -0.3 is 20.6 Å². The molecule has 0 spiro atoms. The molecule has 25 heavy (non-hydrogen) atoms. The summed E-state index contributed by atoms with van der Waals surface area (Å²) in [5, 5.41) is 34.0. The second kappa shape index (κ2) is 6.99. The Balaban J connectivity index is 1.75. The minimum absolute atomic E-state index is 0.147. The number of aliphatic hydroxyl groups excluding tert-OH is 3. The molecule has 0 amide bonds. The predicted molar refractivity (Wildman–Crippen MR) is 85.6 cm³/mol. The van der Waals surface area contributed by atoms with E-state index in [1.165, 1.54) is 12.4 Å². The Morgan fingerprint density at radius 2 is 1.88 bits per heavy atom. The number of benzene rings is 1. The summed E-state index contributed by atoms with van der Waals surface area (Å²) in [6, 6.07) is 4.22. The van der Waals surface area contributed by atoms with Crippen LogP contribution in [-0.4, -0.2) is 43.5 Å². The standard InChI is InChI=1S/C17H19F2N3O3/c1-8-4-14(21-7-20-8)22-13-6-10(16(24)17(13)25)15(23)9-2-3-11(18)12(19)5-9/h2-5,7,10,13,15-17,23-25H,6H2,1H3,(H,20,21,22)/t10-,13-,15+,16-,17+/m1/s1. The van der Waals surface area contributed by atoms with Gasteiger partial charge in [-0.1, -0.05) is 6.07 Å². The lowest BCUT2D eigenvalue weighted by molar-refractivity contribution is -0.0222. The van der Waals surface area contributed by atoms with E-state index in [1.807, 2.05) is 0 Å². The third-order valence-corrected chi connectivity index (χ3v) is 4.55. The molecule has 1 fully saturated rings. The number of halogens is 2. The van der Waals surface area contributed by atoms with Crippen molar-refractivity contribution >= 4 is 5.82 Å². The predicted octanol–water partition coefficient (Wildman–Crippen LogP) is 1.32. The van der Waals surface area contributed by atoms with Gasteiger partial charge in [0.2, 0.25) is 0 Å². The number of aliphatic hydroxyl groups is 3. The average molecular weight is 351 g/mol. The van der Waals surface area contributed by atoms with Gasteiger partial charge in [0, 0.05) is 17.7 Å². The van der Waals surface area contributed by atoms with Gasteiger partial charge in [-0.3, -0.25) is 0 Å². The second-order valence-electron chi connectivity index (χ2n) is 6.29. The first-order chi connectivity index (χ1) is 11.9. The Bertz CT molecular complexity index is 762. The van der Waals surface area contributed by atoms with Crippen molar-refractivity contribution in [1.82, 2.24) is 9.97 Å². The molecule has 1 aliphatic rings. The van der Waals surface area contributed by atoms with E-state index in [-0.39, 0.29) is 12.0 Å². The molecule has 134 valence electrons. The number of rotatable bonds is 4. The minimum Gasteiger partial charge on any atom is -0.390 e. The van der Waals surface area contributed by atoms with E-state index in [0.29, 0.717) is 5.82 Å². The molecule has 1 aromatic carbocycles. The van der Waals surface area contributed by atoms with Gasteiger partial charge in [-0.25, -0.2) is 18.7 Å². The molecular formula is C17H19F2N3O3. The molecule has 0 bridgehead atoms. The van der Waals surface area contributed by atoms with Crippen LogP contribution in [0.5, 0.6) is 0 Å². The van der Waals surface area contributed by atoms with Crippen LogP contribution in [0.4, 0.5) is 14.6 Å². The van der Waals surface area contributed by atoms with E-state index < -0.39 is 41.9 Å². The zero-order chi connectivity index (χ0) is 18.1. The molecule has 0 unspecified atom stereocenters. The van der Waals surface area contributed by atoms with Crippen molar-refractivity contribution in [3.63, 3.8) is 0 Å². The highest BCUT2D eigenvalue weighted by Gasteiger charge is 2.45. The van der Waals surface area contributed by atoms with Crippen LogP contribution in [0.2, 0.25) is 0 Å². The molecule has 3 rings (SSSR count). The molecule has 5 atom stereocenters. The first-order valence-electron chi connectivity index (χ1n) is 7.91. The number of anilines is 1. The van der Waals surface area contributed by atoms with E-state index in [9.17, 15) is 24.1 Å². The zero-order valence-electron chi connectivity index (χ0n) is 13.5. The van der Waals surface area contributed by atoms with Gasteiger partial charge in [0.1, 0.15) is 18.2 Å². The molecule has 1 aromatic heterocycles. The number of aromatic nitrogens is 2. The summed E-state index contributed by atoms with van der Waals surface area (Å²) in [4.78, 5) is 8.02. The number of nitrogens with one attached hydrogen (secondary N) is 1. The maximum absolute atomic E-state index is 13.4. The van der Waals surface area contributed by atoms with Crippen LogP contribution >= 0.6 is 0 Å². The van der Waals surface area contributed by atoms with Gasteiger partial charge in [-0.15, -0.1) is 0 Å². The van der Waals surface area contributed by atoms with Crippen molar-refractivity contribution in [2.75, 3.05) is 5.32 Å². The molecule has 0 radical (unpaired) electrons. The summed E-state index contributed by atoms with van der Waals surface area (Å²) in [6.45, 7) is 1.79. The SMILES string of the molecule is Cc1cc(N[C@@H]2C[C@H]([C@@H](O)c3ccc(F)c(F)c3)[C@@H](O)[C@H]2O)ncn1. The van der Waals surface area contributed by atoms with Gasteiger partial charge >= 0.3 is 0 Å². The number of nitrogens with zero attached hydrogens (tertiary/aromatic N) is 2.